The highest BCUT2D eigenvalue weighted by molar-refractivity contribution is 7.71. The minimum atomic E-state index is 0.213. The lowest BCUT2D eigenvalue weighted by Gasteiger charge is -2.05. The molecular weight excluding hydrogens is 367 g/mol. The van der Waals surface area contributed by atoms with Gasteiger partial charge in [0.25, 0.3) is 0 Å². The maximum absolute atomic E-state index is 6.13. The molecule has 1 aromatic heterocycles. The second-order valence-corrected chi connectivity index (χ2v) is 5.94. The van der Waals surface area contributed by atoms with Crippen molar-refractivity contribution in [1.82, 2.24) is 14.9 Å². The highest BCUT2D eigenvalue weighted by Gasteiger charge is 2.07. The Labute approximate surface area is 153 Å². The number of hydrogen-bond acceptors (Lipinski definition) is 4. The second-order valence-electron chi connectivity index (χ2n) is 4.74. The molecular formula is C16H12Cl2N4OS. The van der Waals surface area contributed by atoms with Crippen molar-refractivity contribution in [3.05, 3.63) is 74.7 Å². The lowest BCUT2D eigenvalue weighted by atomic mass is 10.2. The number of hydrogen-bond donors (Lipinski definition) is 1. The van der Waals surface area contributed by atoms with Crippen molar-refractivity contribution in [1.29, 1.82) is 0 Å². The van der Waals surface area contributed by atoms with Gasteiger partial charge in [-0.25, -0.2) is 5.10 Å². The maximum atomic E-state index is 6.13. The third-order valence-corrected chi connectivity index (χ3v) is 4.05. The van der Waals surface area contributed by atoms with E-state index in [0.717, 1.165) is 5.75 Å². The second kappa shape index (κ2) is 7.61. The highest BCUT2D eigenvalue weighted by atomic mass is 35.5. The van der Waals surface area contributed by atoms with Gasteiger partial charge in [-0.1, -0.05) is 47.5 Å². The lowest BCUT2D eigenvalue weighted by molar-refractivity contribution is 0.290. The van der Waals surface area contributed by atoms with Gasteiger partial charge in [0, 0.05) is 5.56 Å². The molecule has 3 rings (SSSR count). The van der Waals surface area contributed by atoms with Crippen molar-refractivity contribution in [3.63, 3.8) is 0 Å². The van der Waals surface area contributed by atoms with Crippen molar-refractivity contribution in [2.24, 2.45) is 5.10 Å². The third-order valence-electron chi connectivity index (χ3n) is 3.13. The molecule has 0 bridgehead atoms. The van der Waals surface area contributed by atoms with E-state index in [0.29, 0.717) is 26.2 Å². The first-order chi connectivity index (χ1) is 11.6. The number of nitrogens with one attached hydrogen (secondary N) is 1. The van der Waals surface area contributed by atoms with E-state index in [1.807, 2.05) is 30.3 Å². The molecule has 1 N–H and O–H groups in total. The summed E-state index contributed by atoms with van der Waals surface area (Å²) in [4.78, 5) is 0. The normalized spacial score (nSPS) is 11.1. The van der Waals surface area contributed by atoms with Gasteiger partial charge in [-0.2, -0.15) is 14.9 Å². The summed E-state index contributed by atoms with van der Waals surface area (Å²) in [5, 5.41) is 12.1. The summed E-state index contributed by atoms with van der Waals surface area (Å²) in [6, 6.07) is 14.7. The number of halogens is 2. The van der Waals surface area contributed by atoms with Crippen LogP contribution in [0.3, 0.4) is 0 Å². The lowest BCUT2D eigenvalue weighted by Crippen LogP contribution is -2.04. The fourth-order valence-electron chi connectivity index (χ4n) is 1.95. The molecule has 0 fully saturated rings. The zero-order valence-corrected chi connectivity index (χ0v) is 14.6. The molecule has 0 saturated carbocycles. The predicted octanol–water partition coefficient (Wildman–Crippen LogP) is 4.71. The van der Waals surface area contributed by atoms with Gasteiger partial charge in [0.1, 0.15) is 12.4 Å². The van der Waals surface area contributed by atoms with E-state index in [4.69, 9.17) is 40.2 Å². The average Bonchev–Trinajstić information content (AvgIpc) is 2.94. The van der Waals surface area contributed by atoms with Crippen molar-refractivity contribution >= 4 is 41.6 Å². The number of H-pyrrole nitrogens is 1. The van der Waals surface area contributed by atoms with Gasteiger partial charge in [-0.3, -0.25) is 0 Å². The summed E-state index contributed by atoms with van der Waals surface area (Å²) in [6.07, 6.45) is 1.54. The first kappa shape index (κ1) is 16.7. The van der Waals surface area contributed by atoms with Crippen LogP contribution >= 0.6 is 35.4 Å². The van der Waals surface area contributed by atoms with Crippen LogP contribution in [0.5, 0.6) is 5.75 Å². The summed E-state index contributed by atoms with van der Waals surface area (Å²) in [7, 11) is 0. The molecule has 5 nitrogen and oxygen atoms in total. The van der Waals surface area contributed by atoms with E-state index in [1.165, 1.54) is 4.68 Å². The third kappa shape index (κ3) is 3.84. The van der Waals surface area contributed by atoms with E-state index in [1.54, 1.807) is 24.4 Å². The van der Waals surface area contributed by atoms with E-state index in [-0.39, 0.29) is 6.61 Å². The van der Waals surface area contributed by atoms with Crippen molar-refractivity contribution in [2.75, 3.05) is 0 Å². The zero-order chi connectivity index (χ0) is 16.9. The number of ether oxygens (including phenoxy) is 1. The summed E-state index contributed by atoms with van der Waals surface area (Å²) in [6.45, 7) is 0.213. The van der Waals surface area contributed by atoms with Crippen LogP contribution in [0.25, 0.3) is 0 Å². The minimum absolute atomic E-state index is 0.213. The average molecular weight is 379 g/mol. The van der Waals surface area contributed by atoms with Crippen LogP contribution in [-0.4, -0.2) is 21.1 Å². The van der Waals surface area contributed by atoms with Crippen LogP contribution < -0.4 is 4.74 Å². The van der Waals surface area contributed by atoms with Crippen LogP contribution in [0, 0.1) is 4.77 Å². The Morgan fingerprint density at radius 3 is 2.54 bits per heavy atom. The molecule has 8 heteroatoms. The van der Waals surface area contributed by atoms with Crippen LogP contribution in [-0.2, 0) is 6.61 Å². The molecule has 2 aromatic carbocycles. The molecule has 0 radical (unpaired) electrons. The summed E-state index contributed by atoms with van der Waals surface area (Å²) < 4.78 is 7.49. The molecule has 1 heterocycles. The fraction of sp³-hybridized carbons (Fsp3) is 0.0625. The monoisotopic (exact) mass is 378 g/mol. The van der Waals surface area contributed by atoms with Gasteiger partial charge in [0.2, 0.25) is 4.77 Å². The maximum Gasteiger partial charge on any atom is 0.216 e. The Morgan fingerprint density at radius 2 is 1.83 bits per heavy atom. The first-order valence-electron chi connectivity index (χ1n) is 6.97. The largest absolute Gasteiger partial charge is 0.486 e. The topological polar surface area (TPSA) is 55.2 Å². The van der Waals surface area contributed by atoms with Crippen molar-refractivity contribution in [3.8, 4) is 5.75 Å². The Bertz CT molecular complexity index is 901. The molecule has 0 aliphatic carbocycles. The molecule has 0 aliphatic rings. The van der Waals surface area contributed by atoms with Crippen LogP contribution in [0.1, 0.15) is 11.4 Å². The Hall–Kier alpha value is -2.15. The zero-order valence-electron chi connectivity index (χ0n) is 12.3. The summed E-state index contributed by atoms with van der Waals surface area (Å²) in [5.41, 5.74) is 0.610. The number of para-hydroxylation sites is 1. The van der Waals surface area contributed by atoms with E-state index in [2.05, 4.69) is 15.3 Å². The first-order valence-corrected chi connectivity index (χ1v) is 8.14. The van der Waals surface area contributed by atoms with E-state index < -0.39 is 0 Å². The Balaban J connectivity index is 1.83. The number of nitrogens with zero attached hydrogens (tertiary/aromatic N) is 3. The molecule has 3 aromatic rings. The molecule has 0 aliphatic heterocycles. The van der Waals surface area contributed by atoms with Gasteiger partial charge in [0.05, 0.1) is 16.3 Å². The molecule has 0 saturated heterocycles. The van der Waals surface area contributed by atoms with Crippen LogP contribution in [0.2, 0.25) is 10.0 Å². The SMILES string of the molecule is S=c1[nH]nc(COc2ccccc2)n1/N=C\c1c(Cl)cccc1Cl. The minimum Gasteiger partial charge on any atom is -0.486 e. The Morgan fingerprint density at radius 1 is 1.12 bits per heavy atom. The molecule has 0 unspecified atom stereocenters. The smallest absolute Gasteiger partial charge is 0.216 e. The number of rotatable bonds is 5. The number of aromatic nitrogens is 3. The van der Waals surface area contributed by atoms with Gasteiger partial charge in [0.15, 0.2) is 5.82 Å². The molecule has 0 atom stereocenters. The number of benzene rings is 2. The standard InChI is InChI=1S/C16H12Cl2N4OS/c17-13-7-4-8-14(18)12(13)9-19-22-15(20-21-16(22)24)10-23-11-5-2-1-3-6-11/h1-9H,10H2,(H,21,24)/b19-9-. The Kier molecular flexibility index (Phi) is 5.30. The molecule has 0 amide bonds. The van der Waals surface area contributed by atoms with Crippen molar-refractivity contribution < 1.29 is 4.74 Å². The van der Waals surface area contributed by atoms with E-state index >= 15 is 0 Å². The summed E-state index contributed by atoms with van der Waals surface area (Å²) in [5.74, 6) is 1.26. The molecule has 122 valence electrons. The van der Waals surface area contributed by atoms with Crippen molar-refractivity contribution in [2.45, 2.75) is 6.61 Å². The molecule has 24 heavy (non-hydrogen) atoms. The fourth-order valence-corrected chi connectivity index (χ4v) is 2.64. The number of aromatic amines is 1. The summed E-state index contributed by atoms with van der Waals surface area (Å²) >= 11 is 17.5. The van der Waals surface area contributed by atoms with Gasteiger partial charge >= 0.3 is 0 Å². The van der Waals surface area contributed by atoms with Gasteiger partial charge < -0.3 is 4.74 Å². The quantitative estimate of drug-likeness (QED) is 0.516. The van der Waals surface area contributed by atoms with Crippen LogP contribution in [0.4, 0.5) is 0 Å². The molecule has 0 spiro atoms. The van der Waals surface area contributed by atoms with Gasteiger partial charge in [-0.05, 0) is 36.5 Å². The van der Waals surface area contributed by atoms with Gasteiger partial charge in [-0.15, -0.1) is 0 Å². The van der Waals surface area contributed by atoms with Crippen LogP contribution in [0.15, 0.2) is 53.6 Å². The van der Waals surface area contributed by atoms with E-state index in [9.17, 15) is 0 Å². The predicted molar refractivity (Wildman–Crippen MR) is 97.6 cm³/mol. The highest BCUT2D eigenvalue weighted by Crippen LogP contribution is 2.22.